The minimum Gasteiger partial charge on any atom is -0.497 e. The van der Waals surface area contributed by atoms with Gasteiger partial charge >= 0.3 is 0 Å². The van der Waals surface area contributed by atoms with Crippen molar-refractivity contribution in [3.8, 4) is 11.5 Å². The number of para-hydroxylation sites is 2. The van der Waals surface area contributed by atoms with E-state index in [2.05, 4.69) is 24.5 Å². The first kappa shape index (κ1) is 18.8. The molecule has 0 saturated carbocycles. The molecule has 0 unspecified atom stereocenters. The summed E-state index contributed by atoms with van der Waals surface area (Å²) < 4.78 is 10.9. The lowest BCUT2D eigenvalue weighted by Crippen LogP contribution is -2.28. The summed E-state index contributed by atoms with van der Waals surface area (Å²) in [6, 6.07) is 15.2. The molecular formula is C20H26N2O3. The highest BCUT2D eigenvalue weighted by atomic mass is 16.5. The Hall–Kier alpha value is -2.53. The Bertz CT molecular complexity index is 669. The highest BCUT2D eigenvalue weighted by Gasteiger charge is 2.08. The van der Waals surface area contributed by atoms with Gasteiger partial charge in [0.1, 0.15) is 11.5 Å². The lowest BCUT2D eigenvalue weighted by molar-refractivity contribution is -0.115. The molecule has 0 aromatic heterocycles. The van der Waals surface area contributed by atoms with Gasteiger partial charge in [-0.3, -0.25) is 4.79 Å². The third kappa shape index (κ3) is 6.47. The Morgan fingerprint density at radius 3 is 2.48 bits per heavy atom. The Kier molecular flexibility index (Phi) is 7.29. The van der Waals surface area contributed by atoms with Crippen LogP contribution in [0, 0.1) is 5.92 Å². The molecule has 1 amide bonds. The predicted octanol–water partition coefficient (Wildman–Crippen LogP) is 3.46. The van der Waals surface area contributed by atoms with Crippen LogP contribution in [0.3, 0.4) is 0 Å². The maximum atomic E-state index is 12.1. The van der Waals surface area contributed by atoms with Crippen molar-refractivity contribution in [2.45, 2.75) is 20.4 Å². The van der Waals surface area contributed by atoms with Crippen LogP contribution in [-0.2, 0) is 11.3 Å². The smallest absolute Gasteiger partial charge is 0.238 e. The average Bonchev–Trinajstić information content (AvgIpc) is 2.61. The van der Waals surface area contributed by atoms with Crippen molar-refractivity contribution >= 4 is 11.6 Å². The van der Waals surface area contributed by atoms with Crippen LogP contribution >= 0.6 is 0 Å². The molecule has 25 heavy (non-hydrogen) atoms. The number of anilines is 1. The van der Waals surface area contributed by atoms with E-state index in [1.165, 1.54) is 0 Å². The van der Waals surface area contributed by atoms with Crippen LogP contribution < -0.4 is 20.1 Å². The Balaban J connectivity index is 1.81. The summed E-state index contributed by atoms with van der Waals surface area (Å²) in [5.74, 6) is 1.84. The van der Waals surface area contributed by atoms with E-state index in [9.17, 15) is 4.79 Å². The van der Waals surface area contributed by atoms with Gasteiger partial charge < -0.3 is 20.1 Å². The van der Waals surface area contributed by atoms with Crippen LogP contribution in [0.25, 0.3) is 0 Å². The number of hydrogen-bond donors (Lipinski definition) is 2. The third-order valence-electron chi connectivity index (χ3n) is 3.51. The molecule has 0 heterocycles. The monoisotopic (exact) mass is 342 g/mol. The van der Waals surface area contributed by atoms with E-state index < -0.39 is 0 Å². The molecule has 0 fully saturated rings. The Morgan fingerprint density at radius 1 is 1.08 bits per heavy atom. The molecule has 2 N–H and O–H groups in total. The van der Waals surface area contributed by atoms with Crippen LogP contribution in [0.1, 0.15) is 19.4 Å². The molecule has 2 aromatic rings. The predicted molar refractivity (Wildman–Crippen MR) is 100 cm³/mol. The summed E-state index contributed by atoms with van der Waals surface area (Å²) in [7, 11) is 1.64. The molecular weight excluding hydrogens is 316 g/mol. The first-order valence-electron chi connectivity index (χ1n) is 8.44. The standard InChI is InChI=1S/C20H26N2O3/c1-15(2)14-25-19-7-5-4-6-18(19)22-20(23)13-21-12-16-8-10-17(24-3)11-9-16/h4-11,15,21H,12-14H2,1-3H3,(H,22,23). The molecule has 0 radical (unpaired) electrons. The minimum atomic E-state index is -0.103. The van der Waals surface area contributed by atoms with Crippen molar-refractivity contribution < 1.29 is 14.3 Å². The molecule has 2 rings (SSSR count). The maximum absolute atomic E-state index is 12.1. The molecule has 0 bridgehead atoms. The first-order valence-corrected chi connectivity index (χ1v) is 8.44. The second kappa shape index (κ2) is 9.69. The van der Waals surface area contributed by atoms with Crippen LogP contribution in [0.4, 0.5) is 5.69 Å². The molecule has 0 saturated heterocycles. The zero-order chi connectivity index (χ0) is 18.1. The minimum absolute atomic E-state index is 0.103. The molecule has 134 valence electrons. The van der Waals surface area contributed by atoms with E-state index in [4.69, 9.17) is 9.47 Å². The number of carbonyl (C=O) groups excluding carboxylic acids is 1. The van der Waals surface area contributed by atoms with Crippen molar-refractivity contribution in [3.63, 3.8) is 0 Å². The summed E-state index contributed by atoms with van der Waals surface area (Å²) in [4.78, 5) is 12.1. The highest BCUT2D eigenvalue weighted by molar-refractivity contribution is 5.93. The van der Waals surface area contributed by atoms with E-state index in [-0.39, 0.29) is 12.5 Å². The number of amides is 1. The van der Waals surface area contributed by atoms with Crippen molar-refractivity contribution in [3.05, 3.63) is 54.1 Å². The number of benzene rings is 2. The van der Waals surface area contributed by atoms with Gasteiger partial charge in [-0.2, -0.15) is 0 Å². The van der Waals surface area contributed by atoms with E-state index in [0.29, 0.717) is 30.5 Å². The molecule has 2 aromatic carbocycles. The Morgan fingerprint density at radius 2 is 1.80 bits per heavy atom. The van der Waals surface area contributed by atoms with Crippen LogP contribution in [0.15, 0.2) is 48.5 Å². The number of rotatable bonds is 9. The van der Waals surface area contributed by atoms with Gasteiger partial charge in [-0.15, -0.1) is 0 Å². The van der Waals surface area contributed by atoms with Gasteiger partial charge in [0, 0.05) is 6.54 Å². The van der Waals surface area contributed by atoms with Crippen molar-refractivity contribution in [2.75, 3.05) is 25.6 Å². The van der Waals surface area contributed by atoms with Gasteiger partial charge in [0.25, 0.3) is 0 Å². The third-order valence-corrected chi connectivity index (χ3v) is 3.51. The van der Waals surface area contributed by atoms with E-state index >= 15 is 0 Å². The number of nitrogens with one attached hydrogen (secondary N) is 2. The fourth-order valence-corrected chi connectivity index (χ4v) is 2.21. The largest absolute Gasteiger partial charge is 0.497 e. The van der Waals surface area contributed by atoms with Gasteiger partial charge in [0.05, 0.1) is 25.9 Å². The molecule has 0 aliphatic carbocycles. The average molecular weight is 342 g/mol. The Labute approximate surface area is 149 Å². The molecule has 5 heteroatoms. The van der Waals surface area contributed by atoms with E-state index in [1.807, 2.05) is 48.5 Å². The second-order valence-corrected chi connectivity index (χ2v) is 6.20. The first-order chi connectivity index (χ1) is 12.1. The zero-order valence-electron chi connectivity index (χ0n) is 15.0. The summed E-state index contributed by atoms with van der Waals surface area (Å²) in [5.41, 5.74) is 1.79. The molecule has 0 aliphatic rings. The summed E-state index contributed by atoms with van der Waals surface area (Å²) in [6.45, 7) is 5.63. The van der Waals surface area contributed by atoms with Crippen molar-refractivity contribution in [1.29, 1.82) is 0 Å². The van der Waals surface area contributed by atoms with Gasteiger partial charge in [0.2, 0.25) is 5.91 Å². The highest BCUT2D eigenvalue weighted by Crippen LogP contribution is 2.24. The van der Waals surface area contributed by atoms with Gasteiger partial charge in [-0.1, -0.05) is 38.1 Å². The van der Waals surface area contributed by atoms with Gasteiger partial charge in [-0.05, 0) is 35.7 Å². The van der Waals surface area contributed by atoms with Crippen LogP contribution in [0.5, 0.6) is 11.5 Å². The van der Waals surface area contributed by atoms with Crippen molar-refractivity contribution in [2.24, 2.45) is 5.92 Å². The van der Waals surface area contributed by atoms with Crippen LogP contribution in [0.2, 0.25) is 0 Å². The fraction of sp³-hybridized carbons (Fsp3) is 0.350. The molecule has 0 spiro atoms. The number of hydrogen-bond acceptors (Lipinski definition) is 4. The lowest BCUT2D eigenvalue weighted by atomic mass is 10.2. The quantitative estimate of drug-likeness (QED) is 0.733. The summed E-state index contributed by atoms with van der Waals surface area (Å²) in [5, 5.41) is 6.03. The lowest BCUT2D eigenvalue weighted by Gasteiger charge is -2.14. The van der Waals surface area contributed by atoms with E-state index in [1.54, 1.807) is 7.11 Å². The normalized spacial score (nSPS) is 10.6. The maximum Gasteiger partial charge on any atom is 0.238 e. The molecule has 0 aliphatic heterocycles. The molecule has 5 nitrogen and oxygen atoms in total. The van der Waals surface area contributed by atoms with Gasteiger partial charge in [0.15, 0.2) is 0 Å². The van der Waals surface area contributed by atoms with Gasteiger partial charge in [-0.25, -0.2) is 0 Å². The zero-order valence-corrected chi connectivity index (χ0v) is 15.0. The van der Waals surface area contributed by atoms with Crippen molar-refractivity contribution in [1.82, 2.24) is 5.32 Å². The summed E-state index contributed by atoms with van der Waals surface area (Å²) in [6.07, 6.45) is 0. The van der Waals surface area contributed by atoms with Crippen LogP contribution in [-0.4, -0.2) is 26.2 Å². The number of methoxy groups -OCH3 is 1. The topological polar surface area (TPSA) is 59.6 Å². The molecule has 0 atom stereocenters. The number of ether oxygens (including phenoxy) is 2. The van der Waals surface area contributed by atoms with E-state index in [0.717, 1.165) is 11.3 Å². The SMILES string of the molecule is COc1ccc(CNCC(=O)Nc2ccccc2OCC(C)C)cc1. The summed E-state index contributed by atoms with van der Waals surface area (Å²) >= 11 is 0. The fourth-order valence-electron chi connectivity index (χ4n) is 2.21. The number of carbonyl (C=O) groups is 1. The second-order valence-electron chi connectivity index (χ2n) is 6.20.